The van der Waals surface area contributed by atoms with E-state index >= 15 is 0 Å². The fourth-order valence-electron chi connectivity index (χ4n) is 6.63. The molecule has 2 fully saturated rings. The number of carbonyl (C=O) groups is 2. The maximum absolute atomic E-state index is 12.9. The molecule has 224 valence electrons. The number of Topliss-reactive ketones (excluding diaryl/α,β-unsaturated/α-hetero) is 1. The van der Waals surface area contributed by atoms with Gasteiger partial charge in [-0.15, -0.1) is 0 Å². The van der Waals surface area contributed by atoms with Crippen molar-refractivity contribution in [2.24, 2.45) is 17.1 Å². The summed E-state index contributed by atoms with van der Waals surface area (Å²) in [6.07, 6.45) is -1.94. The first-order valence-electron chi connectivity index (χ1n) is 14.4. The average Bonchev–Trinajstić information content (AvgIpc) is 3.24. The summed E-state index contributed by atoms with van der Waals surface area (Å²) in [5, 5.41) is 44.5. The molecule has 1 saturated heterocycles. The lowest BCUT2D eigenvalue weighted by atomic mass is 9.75. The first kappa shape index (κ1) is 29.8. The van der Waals surface area contributed by atoms with Gasteiger partial charge in [0.15, 0.2) is 12.1 Å². The molecule has 0 spiro atoms. The number of aliphatic hydroxyl groups excluding tert-OH is 4. The number of aryl methyl sites for hydroxylation is 1. The van der Waals surface area contributed by atoms with Crippen LogP contribution in [0.1, 0.15) is 83.6 Å². The third-order valence-corrected chi connectivity index (χ3v) is 8.80. The van der Waals surface area contributed by atoms with E-state index in [1.54, 1.807) is 6.07 Å². The van der Waals surface area contributed by atoms with E-state index in [0.29, 0.717) is 42.5 Å². The molecule has 11 nitrogen and oxygen atoms in total. The zero-order valence-electron chi connectivity index (χ0n) is 23.8. The highest BCUT2D eigenvalue weighted by atomic mass is 16.7. The summed E-state index contributed by atoms with van der Waals surface area (Å²) >= 11 is 0. The predicted octanol–water partition coefficient (Wildman–Crippen LogP) is 1.35. The number of ether oxygens (including phenoxy) is 2. The van der Waals surface area contributed by atoms with E-state index in [1.165, 1.54) is 0 Å². The van der Waals surface area contributed by atoms with Crippen LogP contribution in [0.3, 0.4) is 0 Å². The van der Waals surface area contributed by atoms with Gasteiger partial charge in [0.1, 0.15) is 24.4 Å². The number of primary amides is 1. The number of nitrogens with two attached hydrogens (primary N) is 1. The summed E-state index contributed by atoms with van der Waals surface area (Å²) in [7, 11) is 0. The first-order chi connectivity index (χ1) is 19.4. The standard InChI is InChI=1S/C30H41N3O8/c1-15-24-21(12-30(2,3)13-22(24)35)33(32-15)18-6-9-20(28(31)39)17(11-18)10-16-4-7-19(8-5-16)40-29-27(38)26(37)25(36)23(14-34)41-29/h6,9,11,16,19,23,25-27,29,34,36-38H,4-5,7-8,10,12-14H2,1-3H3,(H2,31,39)/t16?,19?,23-,25+,26+,27-,29-/m1/s1. The van der Waals surface area contributed by atoms with Gasteiger partial charge in [0.05, 0.1) is 35.3 Å². The molecule has 3 aliphatic rings. The maximum Gasteiger partial charge on any atom is 0.248 e. The van der Waals surface area contributed by atoms with Crippen LogP contribution in [0.15, 0.2) is 18.2 Å². The predicted molar refractivity (Wildman–Crippen MR) is 148 cm³/mol. The number of aliphatic hydroxyl groups is 4. The summed E-state index contributed by atoms with van der Waals surface area (Å²) in [6.45, 7) is 5.52. The number of rotatable bonds is 7. The molecule has 5 rings (SSSR count). The van der Waals surface area contributed by atoms with Crippen molar-refractivity contribution in [1.82, 2.24) is 9.78 Å². The highest BCUT2D eigenvalue weighted by molar-refractivity contribution is 6.00. The number of carbonyl (C=O) groups excluding carboxylic acids is 2. The average molecular weight is 572 g/mol. The summed E-state index contributed by atoms with van der Waals surface area (Å²) in [6, 6.07) is 5.52. The van der Waals surface area contributed by atoms with E-state index in [-0.39, 0.29) is 23.2 Å². The number of aromatic nitrogens is 2. The minimum Gasteiger partial charge on any atom is -0.394 e. The fourth-order valence-corrected chi connectivity index (χ4v) is 6.63. The second-order valence-corrected chi connectivity index (χ2v) is 12.6. The van der Waals surface area contributed by atoms with Gasteiger partial charge >= 0.3 is 0 Å². The quantitative estimate of drug-likeness (QED) is 0.328. The van der Waals surface area contributed by atoms with Gasteiger partial charge in [0.2, 0.25) is 5.91 Å². The van der Waals surface area contributed by atoms with Crippen molar-refractivity contribution in [1.29, 1.82) is 0 Å². The van der Waals surface area contributed by atoms with Crippen LogP contribution in [-0.2, 0) is 22.3 Å². The molecule has 0 bridgehead atoms. The molecule has 1 amide bonds. The zero-order valence-corrected chi connectivity index (χ0v) is 23.8. The Morgan fingerprint density at radius 1 is 1.12 bits per heavy atom. The van der Waals surface area contributed by atoms with Crippen molar-refractivity contribution in [2.75, 3.05) is 6.61 Å². The first-order valence-corrected chi connectivity index (χ1v) is 14.4. The normalized spacial score (nSPS) is 31.6. The van der Waals surface area contributed by atoms with E-state index in [2.05, 4.69) is 13.8 Å². The SMILES string of the molecule is Cc1nn(-c2ccc(C(N)=O)c(CC3CCC(O[C@@H]4O[C@H](CO)[C@H](O)[C@H](O)[C@H]4O)CC3)c2)c2c1C(=O)CC(C)(C)C2. The number of nitrogens with zero attached hydrogens (tertiary/aromatic N) is 2. The van der Waals surface area contributed by atoms with E-state index in [9.17, 15) is 30.0 Å². The van der Waals surface area contributed by atoms with Gasteiger partial charge in [-0.1, -0.05) is 13.8 Å². The van der Waals surface area contributed by atoms with E-state index in [1.807, 2.05) is 23.7 Å². The van der Waals surface area contributed by atoms with Crippen LogP contribution in [0.25, 0.3) is 5.69 Å². The van der Waals surface area contributed by atoms with Crippen molar-refractivity contribution < 1.29 is 39.5 Å². The van der Waals surface area contributed by atoms with Crippen LogP contribution in [0, 0.1) is 18.3 Å². The molecule has 41 heavy (non-hydrogen) atoms. The van der Waals surface area contributed by atoms with Crippen LogP contribution >= 0.6 is 0 Å². The molecule has 2 aromatic rings. The number of hydrogen-bond acceptors (Lipinski definition) is 9. The Morgan fingerprint density at radius 3 is 2.49 bits per heavy atom. The van der Waals surface area contributed by atoms with Crippen LogP contribution in [0.5, 0.6) is 0 Å². The van der Waals surface area contributed by atoms with Gasteiger partial charge in [-0.05, 0) is 80.5 Å². The Balaban J connectivity index is 1.29. The van der Waals surface area contributed by atoms with Crippen LogP contribution in [0.2, 0.25) is 0 Å². The van der Waals surface area contributed by atoms with Gasteiger partial charge in [-0.3, -0.25) is 9.59 Å². The van der Waals surface area contributed by atoms with E-state index < -0.39 is 43.2 Å². The van der Waals surface area contributed by atoms with Crippen LogP contribution in [0.4, 0.5) is 0 Å². The molecule has 6 N–H and O–H groups in total. The molecule has 2 aliphatic carbocycles. The number of amides is 1. The van der Waals surface area contributed by atoms with Gasteiger partial charge in [0.25, 0.3) is 0 Å². The molecular formula is C30H41N3O8. The molecule has 2 heterocycles. The molecule has 1 aliphatic heterocycles. The van der Waals surface area contributed by atoms with Crippen LogP contribution < -0.4 is 5.73 Å². The summed E-state index contributed by atoms with van der Waals surface area (Å²) < 4.78 is 13.3. The van der Waals surface area contributed by atoms with Gasteiger partial charge in [0, 0.05) is 12.0 Å². The topological polar surface area (TPSA) is 177 Å². The number of fused-ring (bicyclic) bond motifs is 1. The lowest BCUT2D eigenvalue weighted by Crippen LogP contribution is -2.59. The molecule has 0 radical (unpaired) electrons. The molecule has 0 unspecified atom stereocenters. The minimum atomic E-state index is -1.48. The van der Waals surface area contributed by atoms with Crippen molar-refractivity contribution in [3.05, 3.63) is 46.3 Å². The molecule has 1 saturated carbocycles. The van der Waals surface area contributed by atoms with Crippen molar-refractivity contribution in [3.63, 3.8) is 0 Å². The monoisotopic (exact) mass is 571 g/mol. The molecular weight excluding hydrogens is 530 g/mol. The van der Waals surface area contributed by atoms with Gasteiger partial charge in [-0.2, -0.15) is 5.10 Å². The Bertz CT molecular complexity index is 1300. The second-order valence-electron chi connectivity index (χ2n) is 12.6. The smallest absolute Gasteiger partial charge is 0.248 e. The summed E-state index contributed by atoms with van der Waals surface area (Å²) in [5.74, 6) is -0.135. The Labute approximate surface area is 239 Å². The lowest BCUT2D eigenvalue weighted by Gasteiger charge is -2.41. The fraction of sp³-hybridized carbons (Fsp3) is 0.633. The molecule has 1 aromatic heterocycles. The molecule has 5 atom stereocenters. The summed E-state index contributed by atoms with van der Waals surface area (Å²) in [4.78, 5) is 25.2. The second kappa shape index (κ2) is 11.5. The lowest BCUT2D eigenvalue weighted by molar-refractivity contribution is -0.313. The third-order valence-electron chi connectivity index (χ3n) is 8.80. The van der Waals surface area contributed by atoms with Gasteiger partial charge in [-0.25, -0.2) is 4.68 Å². The summed E-state index contributed by atoms with van der Waals surface area (Å²) in [5.41, 5.74) is 9.96. The zero-order chi connectivity index (χ0) is 29.6. The number of ketones is 1. The Hall–Kier alpha value is -2.67. The van der Waals surface area contributed by atoms with E-state index in [0.717, 1.165) is 36.2 Å². The van der Waals surface area contributed by atoms with Crippen LogP contribution in [-0.4, -0.2) is 85.3 Å². The number of hydrogen-bond donors (Lipinski definition) is 5. The Kier molecular flexibility index (Phi) is 8.39. The highest BCUT2D eigenvalue weighted by Crippen LogP contribution is 2.38. The van der Waals surface area contributed by atoms with Crippen molar-refractivity contribution in [3.8, 4) is 5.69 Å². The van der Waals surface area contributed by atoms with Crippen molar-refractivity contribution >= 4 is 11.7 Å². The van der Waals surface area contributed by atoms with E-state index in [4.69, 9.17) is 20.3 Å². The number of benzene rings is 1. The van der Waals surface area contributed by atoms with Gasteiger partial charge < -0.3 is 35.6 Å². The molecule has 11 heteroatoms. The largest absolute Gasteiger partial charge is 0.394 e. The third kappa shape index (κ3) is 5.97. The minimum absolute atomic E-state index is 0.108. The molecule has 1 aromatic carbocycles. The van der Waals surface area contributed by atoms with Crippen molar-refractivity contribution in [2.45, 2.75) is 103 Å². The highest BCUT2D eigenvalue weighted by Gasteiger charge is 2.45. The Morgan fingerprint density at radius 2 is 1.83 bits per heavy atom. The maximum atomic E-state index is 12.9.